The molecule has 0 saturated heterocycles. The maximum atomic E-state index is 2.75. The Labute approximate surface area is 610 Å². The molecule has 20 aromatic rings. The molecule has 0 spiro atoms. The molecule has 0 unspecified atom stereocenters. The van der Waals surface area contributed by atoms with Crippen molar-refractivity contribution in [2.75, 3.05) is 0 Å². The first-order chi connectivity index (χ1) is 52.1. The van der Waals surface area contributed by atoms with Gasteiger partial charge in [-0.15, -0.1) is 0 Å². The van der Waals surface area contributed by atoms with E-state index < -0.39 is 0 Å². The molecule has 498 valence electrons. The number of aryl methyl sites for hydroxylation is 2. The van der Waals surface area contributed by atoms with Crippen LogP contribution in [0, 0.1) is 0 Å². The van der Waals surface area contributed by atoms with Crippen LogP contribution < -0.4 is 16.4 Å². The van der Waals surface area contributed by atoms with Gasteiger partial charge in [-0.3, -0.25) is 0 Å². The number of rotatable bonds is 15. The average molecular weight is 1340 g/mol. The van der Waals surface area contributed by atoms with E-state index in [1.165, 1.54) is 248 Å². The number of benzene rings is 16. The molecule has 0 atom stereocenters. The molecule has 4 nitrogen and oxygen atoms in total. The molecule has 6 heterocycles. The number of unbranched alkanes of at least 4 members (excludes halogenated alkanes) is 6. The van der Waals surface area contributed by atoms with E-state index in [1.54, 1.807) is 0 Å². The Kier molecular flexibility index (Phi) is 13.6. The minimum atomic E-state index is -0.170. The van der Waals surface area contributed by atoms with Crippen LogP contribution in [0.4, 0.5) is 0 Å². The summed E-state index contributed by atoms with van der Waals surface area (Å²) in [6.45, 7) is 4.45. The van der Waals surface area contributed by atoms with Crippen LogP contribution in [0.1, 0.15) is 76.3 Å². The standard InChI is InChI=1S/C100H75BN4/c1-3-5-7-10-29-62-49-52-87-79(55-62)74-40-22-25-44-84(74)102(87)89-47-28-48-90(103-85-45-26-23-41-75(85)80-56-63(50-53-88(80)103)30-11-8-6-4-2)94(89)67-60-92-98-93(61-67)105-91-54-51-77-73-39-19-18-37-71(73)72-38-20-21-42-76(72)95(77)97(91)81-57-66(69-35-17-16-34-68(69)64-31-12-9-13-32-64)59-82(99(81)105)101(98)83-58-65-33-14-15-36-70(65)96-78-43-24-27-46-86(78)104(92)100(83)96/h9,12-28,31-61H,3-8,10-11,29-30H2,1-2H3. The summed E-state index contributed by atoms with van der Waals surface area (Å²) < 4.78 is 10.7. The monoisotopic (exact) mass is 1340 g/mol. The van der Waals surface area contributed by atoms with Crippen molar-refractivity contribution in [1.29, 1.82) is 0 Å². The van der Waals surface area contributed by atoms with E-state index in [-0.39, 0.29) is 6.71 Å². The fraction of sp³-hybridized carbons (Fsp3) is 0.120. The van der Waals surface area contributed by atoms with Crippen molar-refractivity contribution < 1.29 is 0 Å². The maximum Gasteiger partial charge on any atom is 0.252 e. The summed E-state index contributed by atoms with van der Waals surface area (Å²) in [4.78, 5) is 0. The largest absolute Gasteiger partial charge is 0.310 e. The summed E-state index contributed by atoms with van der Waals surface area (Å²) in [5.41, 5.74) is 28.4. The highest BCUT2D eigenvalue weighted by Gasteiger charge is 2.43. The van der Waals surface area contributed by atoms with E-state index in [0.717, 1.165) is 29.8 Å². The quantitative estimate of drug-likeness (QED) is 0.0554. The third-order valence-corrected chi connectivity index (χ3v) is 24.2. The lowest BCUT2D eigenvalue weighted by atomic mass is 9.34. The van der Waals surface area contributed by atoms with Crippen LogP contribution in [0.25, 0.3) is 186 Å². The zero-order valence-corrected chi connectivity index (χ0v) is 59.2. The molecule has 16 aromatic carbocycles. The minimum Gasteiger partial charge on any atom is -0.310 e. The van der Waals surface area contributed by atoms with Crippen LogP contribution in [0.2, 0.25) is 0 Å². The molecule has 0 aliphatic carbocycles. The average Bonchev–Trinajstić information content (AvgIpc) is 1.53. The topological polar surface area (TPSA) is 19.7 Å². The molecule has 0 amide bonds. The van der Waals surface area contributed by atoms with Gasteiger partial charge in [0.05, 0.1) is 50.0 Å². The van der Waals surface area contributed by atoms with Crippen LogP contribution >= 0.6 is 0 Å². The molecule has 0 radical (unpaired) electrons. The molecule has 22 rings (SSSR count). The Morgan fingerprint density at radius 1 is 0.257 bits per heavy atom. The van der Waals surface area contributed by atoms with Gasteiger partial charge in [0.2, 0.25) is 0 Å². The van der Waals surface area contributed by atoms with Gasteiger partial charge in [0.15, 0.2) is 0 Å². The summed E-state index contributed by atoms with van der Waals surface area (Å²) in [5, 5.41) is 20.4. The van der Waals surface area contributed by atoms with E-state index in [0.29, 0.717) is 0 Å². The van der Waals surface area contributed by atoms with E-state index in [2.05, 4.69) is 329 Å². The van der Waals surface area contributed by atoms with E-state index in [4.69, 9.17) is 0 Å². The first-order valence-electron chi connectivity index (χ1n) is 38.4. The smallest absolute Gasteiger partial charge is 0.252 e. The summed E-state index contributed by atoms with van der Waals surface area (Å²) in [6.07, 6.45) is 12.0. The molecule has 0 saturated carbocycles. The second kappa shape index (κ2) is 23.7. The summed E-state index contributed by atoms with van der Waals surface area (Å²) in [5.74, 6) is 0. The second-order valence-corrected chi connectivity index (χ2v) is 30.0. The normalized spacial score (nSPS) is 12.6. The first-order valence-corrected chi connectivity index (χ1v) is 38.4. The molecule has 2 aliphatic heterocycles. The van der Waals surface area contributed by atoms with Crippen LogP contribution in [0.5, 0.6) is 0 Å². The van der Waals surface area contributed by atoms with Crippen molar-refractivity contribution in [2.24, 2.45) is 0 Å². The zero-order valence-electron chi connectivity index (χ0n) is 59.2. The van der Waals surface area contributed by atoms with Gasteiger partial charge in [-0.1, -0.05) is 271 Å². The summed E-state index contributed by atoms with van der Waals surface area (Å²) in [7, 11) is 0. The fourth-order valence-corrected chi connectivity index (χ4v) is 19.7. The lowest BCUT2D eigenvalue weighted by Gasteiger charge is -2.35. The Hall–Kier alpha value is -12.2. The fourth-order valence-electron chi connectivity index (χ4n) is 19.7. The SMILES string of the molecule is CCCCCCc1ccc2c(c1)c1ccccc1n2-c1cccc(-n2c3ccccc3c3cc(CCCCCC)ccc32)c1-c1cc2c3c(c1)-n1c4ccccc4c4c5ccccc5cc(c41)B3c1cc(-c3ccccc3-c3ccccc3)cc3c4c5c6ccccc6c6ccccc6c5ccc4n-2c13. The molecule has 4 aromatic heterocycles. The van der Waals surface area contributed by atoms with Crippen molar-refractivity contribution in [3.8, 4) is 56.1 Å². The van der Waals surface area contributed by atoms with Gasteiger partial charge in [-0.25, -0.2) is 0 Å². The van der Waals surface area contributed by atoms with Crippen LogP contribution in [0.15, 0.2) is 297 Å². The zero-order chi connectivity index (χ0) is 69.1. The highest BCUT2D eigenvalue weighted by Crippen LogP contribution is 2.50. The maximum absolute atomic E-state index is 2.75. The van der Waals surface area contributed by atoms with Crippen LogP contribution in [-0.4, -0.2) is 25.0 Å². The number of hydrogen-bond donors (Lipinski definition) is 0. The third kappa shape index (κ3) is 8.82. The minimum absolute atomic E-state index is 0.170. The highest BCUT2D eigenvalue weighted by atomic mass is 15.1. The van der Waals surface area contributed by atoms with Gasteiger partial charge >= 0.3 is 0 Å². The number of para-hydroxylation sites is 3. The number of hydrogen-bond acceptors (Lipinski definition) is 0. The molecule has 2 aliphatic rings. The third-order valence-electron chi connectivity index (χ3n) is 24.2. The van der Waals surface area contributed by atoms with Crippen molar-refractivity contribution in [3.63, 3.8) is 0 Å². The lowest BCUT2D eigenvalue weighted by molar-refractivity contribution is 0.667. The lowest BCUT2D eigenvalue weighted by Crippen LogP contribution is -2.59. The van der Waals surface area contributed by atoms with Crippen molar-refractivity contribution >= 4 is 153 Å². The van der Waals surface area contributed by atoms with Gasteiger partial charge in [0.1, 0.15) is 0 Å². The Morgan fingerprint density at radius 3 is 1.35 bits per heavy atom. The van der Waals surface area contributed by atoms with Gasteiger partial charge in [-0.05, 0) is 198 Å². The van der Waals surface area contributed by atoms with Gasteiger partial charge in [-0.2, -0.15) is 0 Å². The molecule has 0 fully saturated rings. The number of nitrogens with zero attached hydrogens (tertiary/aromatic N) is 4. The van der Waals surface area contributed by atoms with Gasteiger partial charge in [0, 0.05) is 70.9 Å². The molecule has 0 bridgehead atoms. The number of fused-ring (bicyclic) bond motifs is 25. The highest BCUT2D eigenvalue weighted by molar-refractivity contribution is 7.00. The van der Waals surface area contributed by atoms with Crippen LogP contribution in [-0.2, 0) is 12.8 Å². The van der Waals surface area contributed by atoms with E-state index in [9.17, 15) is 0 Å². The first kappa shape index (κ1) is 60.4. The Morgan fingerprint density at radius 2 is 0.733 bits per heavy atom. The van der Waals surface area contributed by atoms with E-state index >= 15 is 0 Å². The van der Waals surface area contributed by atoms with Crippen molar-refractivity contribution in [1.82, 2.24) is 18.3 Å². The molecular formula is C100H75BN4. The Balaban J connectivity index is 0.922. The predicted molar refractivity (Wildman–Crippen MR) is 450 cm³/mol. The van der Waals surface area contributed by atoms with E-state index in [1.807, 2.05) is 0 Å². The Bertz CT molecular complexity index is 6890. The molecule has 0 N–H and O–H groups in total. The molecule has 5 heteroatoms. The molecule has 105 heavy (non-hydrogen) atoms. The summed E-state index contributed by atoms with van der Waals surface area (Å²) in [6, 6.07) is 115. The predicted octanol–water partition coefficient (Wildman–Crippen LogP) is 25.1. The van der Waals surface area contributed by atoms with Crippen LogP contribution in [0.3, 0.4) is 0 Å². The van der Waals surface area contributed by atoms with Gasteiger partial charge < -0.3 is 18.3 Å². The molecular weight excluding hydrogens is 1270 g/mol. The van der Waals surface area contributed by atoms with Gasteiger partial charge in [0.25, 0.3) is 6.71 Å². The summed E-state index contributed by atoms with van der Waals surface area (Å²) >= 11 is 0. The number of aromatic nitrogens is 4. The second-order valence-electron chi connectivity index (χ2n) is 30.0. The van der Waals surface area contributed by atoms with Crippen molar-refractivity contribution in [2.45, 2.75) is 78.1 Å². The van der Waals surface area contributed by atoms with Crippen molar-refractivity contribution in [3.05, 3.63) is 308 Å².